The van der Waals surface area contributed by atoms with Crippen molar-refractivity contribution < 1.29 is 0 Å². The summed E-state index contributed by atoms with van der Waals surface area (Å²) in [5.41, 5.74) is 4.23. The molecular formula is C10H10N4. The van der Waals surface area contributed by atoms with E-state index in [4.69, 9.17) is 0 Å². The molecule has 0 atom stereocenters. The molecule has 1 aromatic heterocycles. The summed E-state index contributed by atoms with van der Waals surface area (Å²) in [6.45, 7) is 4.11. The van der Waals surface area contributed by atoms with Gasteiger partial charge < -0.3 is 0 Å². The zero-order chi connectivity index (χ0) is 9.97. The standard InChI is InChI=1S/C10H10N4/c1-7-3-4-9(8(2)5-7)10-6-11-13-14-12-10/h3-6H,1-2H3. The molecule has 0 spiro atoms. The van der Waals surface area contributed by atoms with E-state index in [1.54, 1.807) is 6.20 Å². The van der Waals surface area contributed by atoms with Gasteiger partial charge in [-0.05, 0) is 29.8 Å². The zero-order valence-electron chi connectivity index (χ0n) is 8.10. The van der Waals surface area contributed by atoms with Crippen LogP contribution in [0.1, 0.15) is 11.1 Å². The molecule has 70 valence electrons. The number of rotatable bonds is 1. The lowest BCUT2D eigenvalue weighted by Crippen LogP contribution is -1.94. The summed E-state index contributed by atoms with van der Waals surface area (Å²) in [6.07, 6.45) is 1.62. The molecule has 0 unspecified atom stereocenters. The number of nitrogens with zero attached hydrogens (tertiary/aromatic N) is 4. The van der Waals surface area contributed by atoms with Crippen molar-refractivity contribution in [3.8, 4) is 11.3 Å². The molecule has 0 amide bonds. The Morgan fingerprint density at radius 3 is 2.57 bits per heavy atom. The smallest absolute Gasteiger partial charge is 0.115 e. The average Bonchev–Trinajstić information content (AvgIpc) is 2.19. The Kier molecular flexibility index (Phi) is 2.18. The van der Waals surface area contributed by atoms with Crippen LogP contribution in [0.4, 0.5) is 0 Å². The van der Waals surface area contributed by atoms with Gasteiger partial charge in [0.15, 0.2) is 0 Å². The van der Waals surface area contributed by atoms with E-state index in [1.165, 1.54) is 11.1 Å². The molecule has 0 aliphatic carbocycles. The quantitative estimate of drug-likeness (QED) is 0.678. The Balaban J connectivity index is 2.53. The van der Waals surface area contributed by atoms with Crippen molar-refractivity contribution in [3.05, 3.63) is 35.5 Å². The zero-order valence-corrected chi connectivity index (χ0v) is 8.10. The molecule has 14 heavy (non-hydrogen) atoms. The minimum atomic E-state index is 0.762. The first kappa shape index (κ1) is 8.74. The molecule has 1 heterocycles. The van der Waals surface area contributed by atoms with Crippen LogP contribution in [0.5, 0.6) is 0 Å². The molecule has 0 aliphatic rings. The maximum atomic E-state index is 3.92. The molecule has 4 heteroatoms. The maximum absolute atomic E-state index is 3.92. The SMILES string of the molecule is Cc1ccc(-c2cnnnn2)c(C)c1. The summed E-state index contributed by atoms with van der Waals surface area (Å²) in [5, 5.41) is 14.5. The Bertz CT molecular complexity index is 439. The van der Waals surface area contributed by atoms with Gasteiger partial charge in [0.2, 0.25) is 0 Å². The van der Waals surface area contributed by atoms with Gasteiger partial charge in [-0.3, -0.25) is 0 Å². The van der Waals surface area contributed by atoms with E-state index in [2.05, 4.69) is 33.6 Å². The fraction of sp³-hybridized carbons (Fsp3) is 0.200. The third kappa shape index (κ3) is 1.59. The van der Waals surface area contributed by atoms with E-state index in [-0.39, 0.29) is 0 Å². The minimum Gasteiger partial charge on any atom is -0.135 e. The van der Waals surface area contributed by atoms with Crippen molar-refractivity contribution >= 4 is 0 Å². The Morgan fingerprint density at radius 2 is 1.93 bits per heavy atom. The third-order valence-electron chi connectivity index (χ3n) is 2.08. The van der Waals surface area contributed by atoms with Crippen LogP contribution in [0.2, 0.25) is 0 Å². The first-order valence-electron chi connectivity index (χ1n) is 4.36. The molecule has 2 aromatic rings. The second-order valence-corrected chi connectivity index (χ2v) is 3.23. The summed E-state index contributed by atoms with van der Waals surface area (Å²) in [7, 11) is 0. The number of benzene rings is 1. The Labute approximate surface area is 82.0 Å². The Hall–Kier alpha value is -1.84. The molecule has 0 saturated carbocycles. The second kappa shape index (κ2) is 3.49. The largest absolute Gasteiger partial charge is 0.135 e. The van der Waals surface area contributed by atoms with E-state index in [0.29, 0.717) is 0 Å². The number of aromatic nitrogens is 4. The van der Waals surface area contributed by atoms with Gasteiger partial charge in [0.05, 0.1) is 6.20 Å². The highest BCUT2D eigenvalue weighted by atomic mass is 15.4. The molecule has 0 fully saturated rings. The third-order valence-corrected chi connectivity index (χ3v) is 2.08. The minimum absolute atomic E-state index is 0.762. The van der Waals surface area contributed by atoms with E-state index < -0.39 is 0 Å². The number of hydrogen-bond acceptors (Lipinski definition) is 4. The summed E-state index contributed by atoms with van der Waals surface area (Å²) >= 11 is 0. The van der Waals surface area contributed by atoms with Crippen molar-refractivity contribution in [2.45, 2.75) is 13.8 Å². The van der Waals surface area contributed by atoms with Crippen LogP contribution in [0.25, 0.3) is 11.3 Å². The van der Waals surface area contributed by atoms with Crippen molar-refractivity contribution in [1.29, 1.82) is 0 Å². The lowest BCUT2D eigenvalue weighted by atomic mass is 10.0. The number of aryl methyl sites for hydroxylation is 2. The summed E-state index contributed by atoms with van der Waals surface area (Å²) < 4.78 is 0. The van der Waals surface area contributed by atoms with Gasteiger partial charge in [-0.15, -0.1) is 10.2 Å². The normalized spacial score (nSPS) is 10.1. The molecule has 0 bridgehead atoms. The van der Waals surface area contributed by atoms with Gasteiger partial charge in [0.25, 0.3) is 0 Å². The van der Waals surface area contributed by atoms with Crippen LogP contribution in [-0.4, -0.2) is 20.6 Å². The topological polar surface area (TPSA) is 51.6 Å². The monoisotopic (exact) mass is 186 g/mol. The molecular weight excluding hydrogens is 176 g/mol. The van der Waals surface area contributed by atoms with Crippen LogP contribution in [0, 0.1) is 13.8 Å². The van der Waals surface area contributed by atoms with Gasteiger partial charge in [-0.2, -0.15) is 0 Å². The maximum Gasteiger partial charge on any atom is 0.115 e. The summed E-state index contributed by atoms with van der Waals surface area (Å²) in [4.78, 5) is 0. The van der Waals surface area contributed by atoms with Crippen LogP contribution in [0.15, 0.2) is 24.4 Å². The lowest BCUT2D eigenvalue weighted by Gasteiger charge is -2.03. The molecule has 0 saturated heterocycles. The van der Waals surface area contributed by atoms with Crippen molar-refractivity contribution in [3.63, 3.8) is 0 Å². The molecule has 0 N–H and O–H groups in total. The predicted molar refractivity (Wildman–Crippen MR) is 52.5 cm³/mol. The van der Waals surface area contributed by atoms with E-state index in [0.717, 1.165) is 11.3 Å². The van der Waals surface area contributed by atoms with E-state index >= 15 is 0 Å². The van der Waals surface area contributed by atoms with Crippen LogP contribution < -0.4 is 0 Å². The fourth-order valence-electron chi connectivity index (χ4n) is 1.42. The van der Waals surface area contributed by atoms with Crippen molar-refractivity contribution in [2.75, 3.05) is 0 Å². The van der Waals surface area contributed by atoms with Crippen LogP contribution in [0.3, 0.4) is 0 Å². The molecule has 0 radical (unpaired) electrons. The predicted octanol–water partition coefficient (Wildman–Crippen LogP) is 1.55. The fourth-order valence-corrected chi connectivity index (χ4v) is 1.42. The summed E-state index contributed by atoms with van der Waals surface area (Å²) in [6, 6.07) is 6.18. The first-order chi connectivity index (χ1) is 6.77. The van der Waals surface area contributed by atoms with Crippen LogP contribution >= 0.6 is 0 Å². The van der Waals surface area contributed by atoms with Gasteiger partial charge in [0, 0.05) is 5.56 Å². The Morgan fingerprint density at radius 1 is 1.07 bits per heavy atom. The highest BCUT2D eigenvalue weighted by Crippen LogP contribution is 2.20. The molecule has 2 rings (SSSR count). The van der Waals surface area contributed by atoms with Crippen LogP contribution in [-0.2, 0) is 0 Å². The van der Waals surface area contributed by atoms with Crippen molar-refractivity contribution in [1.82, 2.24) is 20.6 Å². The van der Waals surface area contributed by atoms with E-state index in [9.17, 15) is 0 Å². The second-order valence-electron chi connectivity index (χ2n) is 3.23. The highest BCUT2D eigenvalue weighted by molar-refractivity contribution is 5.62. The van der Waals surface area contributed by atoms with E-state index in [1.807, 2.05) is 19.1 Å². The lowest BCUT2D eigenvalue weighted by molar-refractivity contribution is 0.766. The van der Waals surface area contributed by atoms with Gasteiger partial charge >= 0.3 is 0 Å². The highest BCUT2D eigenvalue weighted by Gasteiger charge is 2.03. The summed E-state index contributed by atoms with van der Waals surface area (Å²) in [5.74, 6) is 0. The van der Waals surface area contributed by atoms with Gasteiger partial charge in [-0.25, -0.2) is 0 Å². The van der Waals surface area contributed by atoms with Gasteiger partial charge in [0.1, 0.15) is 5.69 Å². The number of hydrogen-bond donors (Lipinski definition) is 0. The molecule has 0 aliphatic heterocycles. The molecule has 1 aromatic carbocycles. The average molecular weight is 186 g/mol. The first-order valence-corrected chi connectivity index (χ1v) is 4.36. The van der Waals surface area contributed by atoms with Crippen molar-refractivity contribution in [2.24, 2.45) is 0 Å². The van der Waals surface area contributed by atoms with Gasteiger partial charge in [-0.1, -0.05) is 23.8 Å². The molecule has 4 nitrogen and oxygen atoms in total.